The third kappa shape index (κ3) is 3.10. The molecule has 2 rings (SSSR count). The first kappa shape index (κ1) is 13.1. The smallest absolute Gasteiger partial charge is 0.218 e. The molecule has 1 saturated carbocycles. The maximum Gasteiger partial charge on any atom is 0.218 e. The maximum atomic E-state index is 9.62. The van der Waals surface area contributed by atoms with E-state index in [9.17, 15) is 5.11 Å². The first-order chi connectivity index (χ1) is 8.78. The van der Waals surface area contributed by atoms with Gasteiger partial charge >= 0.3 is 0 Å². The van der Waals surface area contributed by atoms with Crippen molar-refractivity contribution in [3.63, 3.8) is 0 Å². The molecule has 0 atom stereocenters. The van der Waals surface area contributed by atoms with E-state index in [1.165, 1.54) is 25.6 Å². The quantitative estimate of drug-likeness (QED) is 0.835. The number of ether oxygens (including phenoxy) is 1. The zero-order chi connectivity index (χ0) is 12.8. The number of hydrogen-bond donors (Lipinski definition) is 2. The van der Waals surface area contributed by atoms with Crippen LogP contribution < -0.4 is 10.1 Å². The zero-order valence-corrected chi connectivity index (χ0v) is 10.9. The number of aromatic nitrogens is 2. The Morgan fingerprint density at radius 3 is 2.78 bits per heavy atom. The van der Waals surface area contributed by atoms with Crippen molar-refractivity contribution in [2.24, 2.45) is 5.41 Å². The number of nitrogens with one attached hydrogen (secondary N) is 1. The van der Waals surface area contributed by atoms with Crippen molar-refractivity contribution in [3.05, 3.63) is 12.4 Å². The van der Waals surface area contributed by atoms with Gasteiger partial charge in [0.15, 0.2) is 0 Å². The molecule has 1 aliphatic carbocycles. The highest BCUT2D eigenvalue weighted by molar-refractivity contribution is 5.37. The number of anilines is 1. The summed E-state index contributed by atoms with van der Waals surface area (Å²) in [5, 5.41) is 12.9. The molecule has 0 radical (unpaired) electrons. The Morgan fingerprint density at radius 1 is 1.33 bits per heavy atom. The molecule has 1 aliphatic rings. The highest BCUT2D eigenvalue weighted by Gasteiger charge is 2.31. The minimum absolute atomic E-state index is 0.0104. The Kier molecular flexibility index (Phi) is 4.36. The van der Waals surface area contributed by atoms with Crippen molar-refractivity contribution in [1.29, 1.82) is 0 Å². The van der Waals surface area contributed by atoms with E-state index < -0.39 is 0 Å². The molecule has 100 valence electrons. The normalized spacial score (nSPS) is 18.3. The summed E-state index contributed by atoms with van der Waals surface area (Å²) in [5.41, 5.74) is 0.0104. The standard InChI is InChI=1S/C13H21N3O2/c1-18-12-7-11(15-10-16-12)14-8-13(9-17)5-3-2-4-6-13/h7,10,17H,2-6,8-9H2,1H3,(H,14,15,16). The molecule has 1 aromatic rings. The van der Waals surface area contributed by atoms with Gasteiger partial charge in [-0.2, -0.15) is 0 Å². The SMILES string of the molecule is COc1cc(NCC2(CO)CCCCC2)ncn1. The molecule has 0 unspecified atom stereocenters. The van der Waals surface area contributed by atoms with Gasteiger partial charge in [-0.05, 0) is 12.8 Å². The van der Waals surface area contributed by atoms with Crippen molar-refractivity contribution in [2.45, 2.75) is 32.1 Å². The van der Waals surface area contributed by atoms with Gasteiger partial charge in [-0.25, -0.2) is 9.97 Å². The third-order valence-electron chi connectivity index (χ3n) is 3.75. The van der Waals surface area contributed by atoms with Crippen LogP contribution >= 0.6 is 0 Å². The van der Waals surface area contributed by atoms with Crippen LogP contribution in [0.2, 0.25) is 0 Å². The average molecular weight is 251 g/mol. The van der Waals surface area contributed by atoms with Crippen LogP contribution in [0.3, 0.4) is 0 Å². The molecule has 0 amide bonds. The average Bonchev–Trinajstić information content (AvgIpc) is 2.46. The molecular weight excluding hydrogens is 230 g/mol. The summed E-state index contributed by atoms with van der Waals surface area (Å²) in [4.78, 5) is 8.12. The lowest BCUT2D eigenvalue weighted by molar-refractivity contribution is 0.0943. The summed E-state index contributed by atoms with van der Waals surface area (Å²) < 4.78 is 5.06. The molecule has 0 bridgehead atoms. The van der Waals surface area contributed by atoms with E-state index in [0.717, 1.165) is 25.2 Å². The van der Waals surface area contributed by atoms with E-state index in [4.69, 9.17) is 4.74 Å². The summed E-state index contributed by atoms with van der Waals surface area (Å²) in [5.74, 6) is 1.30. The molecule has 18 heavy (non-hydrogen) atoms. The van der Waals surface area contributed by atoms with E-state index in [1.807, 2.05) is 0 Å². The monoisotopic (exact) mass is 251 g/mol. The van der Waals surface area contributed by atoms with Gasteiger partial charge in [0.05, 0.1) is 13.7 Å². The van der Waals surface area contributed by atoms with Gasteiger partial charge < -0.3 is 15.2 Å². The van der Waals surface area contributed by atoms with E-state index in [0.29, 0.717) is 5.88 Å². The Hall–Kier alpha value is -1.36. The van der Waals surface area contributed by atoms with Gasteiger partial charge in [-0.15, -0.1) is 0 Å². The van der Waals surface area contributed by atoms with Crippen LogP contribution in [0.15, 0.2) is 12.4 Å². The van der Waals surface area contributed by atoms with Gasteiger partial charge in [0.25, 0.3) is 0 Å². The highest BCUT2D eigenvalue weighted by atomic mass is 16.5. The number of nitrogens with zero attached hydrogens (tertiary/aromatic N) is 2. The van der Waals surface area contributed by atoms with Crippen molar-refractivity contribution in [2.75, 3.05) is 25.6 Å². The lowest BCUT2D eigenvalue weighted by Gasteiger charge is -2.35. The molecule has 0 aromatic carbocycles. The number of methoxy groups -OCH3 is 1. The van der Waals surface area contributed by atoms with Crippen LogP contribution in [0.4, 0.5) is 5.82 Å². The van der Waals surface area contributed by atoms with Gasteiger partial charge in [-0.1, -0.05) is 19.3 Å². The van der Waals surface area contributed by atoms with Gasteiger partial charge in [0.1, 0.15) is 12.1 Å². The van der Waals surface area contributed by atoms with Gasteiger partial charge in [0.2, 0.25) is 5.88 Å². The Morgan fingerprint density at radius 2 is 2.11 bits per heavy atom. The van der Waals surface area contributed by atoms with Crippen LogP contribution in [-0.4, -0.2) is 35.3 Å². The Balaban J connectivity index is 1.96. The summed E-state index contributed by atoms with van der Waals surface area (Å²) in [6.45, 7) is 0.992. The predicted molar refractivity (Wildman–Crippen MR) is 69.7 cm³/mol. The van der Waals surface area contributed by atoms with E-state index >= 15 is 0 Å². The summed E-state index contributed by atoms with van der Waals surface area (Å²) >= 11 is 0. The topological polar surface area (TPSA) is 67.3 Å². The van der Waals surface area contributed by atoms with Crippen molar-refractivity contribution in [1.82, 2.24) is 9.97 Å². The molecular formula is C13H21N3O2. The van der Waals surface area contributed by atoms with Crippen LogP contribution in [0.1, 0.15) is 32.1 Å². The molecule has 5 nitrogen and oxygen atoms in total. The van der Waals surface area contributed by atoms with Crippen molar-refractivity contribution in [3.8, 4) is 5.88 Å². The molecule has 0 aliphatic heterocycles. The molecule has 2 N–H and O–H groups in total. The maximum absolute atomic E-state index is 9.62. The Bertz CT molecular complexity index is 378. The lowest BCUT2D eigenvalue weighted by atomic mass is 9.74. The van der Waals surface area contributed by atoms with E-state index in [2.05, 4.69) is 15.3 Å². The summed E-state index contributed by atoms with van der Waals surface area (Å²) in [7, 11) is 1.59. The molecule has 0 spiro atoms. The first-order valence-electron chi connectivity index (χ1n) is 6.49. The van der Waals surface area contributed by atoms with Crippen LogP contribution in [-0.2, 0) is 0 Å². The first-order valence-corrected chi connectivity index (χ1v) is 6.49. The predicted octanol–water partition coefficient (Wildman–Crippen LogP) is 1.84. The van der Waals surface area contributed by atoms with Crippen LogP contribution in [0.5, 0.6) is 5.88 Å². The Labute approximate surface area is 108 Å². The van der Waals surface area contributed by atoms with E-state index in [-0.39, 0.29) is 12.0 Å². The minimum atomic E-state index is 0.0104. The number of rotatable bonds is 5. The fourth-order valence-corrected chi connectivity index (χ4v) is 2.52. The second kappa shape index (κ2) is 6.00. The number of hydrogen-bond acceptors (Lipinski definition) is 5. The second-order valence-electron chi connectivity index (χ2n) is 5.02. The fourth-order valence-electron chi connectivity index (χ4n) is 2.52. The zero-order valence-electron chi connectivity index (χ0n) is 10.9. The molecule has 0 saturated heterocycles. The van der Waals surface area contributed by atoms with Crippen molar-refractivity contribution < 1.29 is 9.84 Å². The lowest BCUT2D eigenvalue weighted by Crippen LogP contribution is -2.35. The second-order valence-corrected chi connectivity index (χ2v) is 5.02. The minimum Gasteiger partial charge on any atom is -0.481 e. The van der Waals surface area contributed by atoms with Crippen LogP contribution in [0, 0.1) is 5.41 Å². The molecule has 5 heteroatoms. The fraction of sp³-hybridized carbons (Fsp3) is 0.692. The summed E-state index contributed by atoms with van der Waals surface area (Å²) in [6, 6.07) is 1.77. The molecule has 1 fully saturated rings. The van der Waals surface area contributed by atoms with Crippen LogP contribution in [0.25, 0.3) is 0 Å². The number of aliphatic hydroxyl groups excluding tert-OH is 1. The van der Waals surface area contributed by atoms with Gasteiger partial charge in [-0.3, -0.25) is 0 Å². The molecule has 1 heterocycles. The van der Waals surface area contributed by atoms with Crippen molar-refractivity contribution >= 4 is 5.82 Å². The largest absolute Gasteiger partial charge is 0.481 e. The number of aliphatic hydroxyl groups is 1. The molecule has 1 aromatic heterocycles. The van der Waals surface area contributed by atoms with Gasteiger partial charge in [0, 0.05) is 18.0 Å². The third-order valence-corrected chi connectivity index (χ3v) is 3.75. The summed E-state index contributed by atoms with van der Waals surface area (Å²) in [6.07, 6.45) is 7.33. The van der Waals surface area contributed by atoms with E-state index in [1.54, 1.807) is 13.2 Å². The highest BCUT2D eigenvalue weighted by Crippen LogP contribution is 2.35.